The van der Waals surface area contributed by atoms with E-state index < -0.39 is 0 Å². The van der Waals surface area contributed by atoms with Gasteiger partial charge in [0.2, 0.25) is 0 Å². The third-order valence-electron chi connectivity index (χ3n) is 7.98. The summed E-state index contributed by atoms with van der Waals surface area (Å²) in [5.74, 6) is 10.1. The van der Waals surface area contributed by atoms with Crippen LogP contribution in [0.5, 0.6) is 0 Å². The maximum Gasteiger partial charge on any atom is -0.0321 e. The van der Waals surface area contributed by atoms with E-state index in [1.165, 1.54) is 12.8 Å². The van der Waals surface area contributed by atoms with Crippen molar-refractivity contribution in [3.8, 4) is 0 Å². The van der Waals surface area contributed by atoms with E-state index in [0.29, 0.717) is 0 Å². The summed E-state index contributed by atoms with van der Waals surface area (Å²) >= 11 is 0. The number of rotatable bonds is 3. The minimum atomic E-state index is 1.05. The zero-order chi connectivity index (χ0) is 12.4. The van der Waals surface area contributed by atoms with Crippen LogP contribution in [0.25, 0.3) is 0 Å². The highest BCUT2D eigenvalue weighted by Gasteiger charge is 2.64. The van der Waals surface area contributed by atoms with Gasteiger partial charge in [-0.1, -0.05) is 33.6 Å². The van der Waals surface area contributed by atoms with E-state index in [0.717, 1.165) is 53.3 Å². The molecule has 0 nitrogen and oxygen atoms in total. The molecular formula is C18H30. The Morgan fingerprint density at radius 3 is 2.39 bits per heavy atom. The molecule has 0 heteroatoms. The summed E-state index contributed by atoms with van der Waals surface area (Å²) in [6.07, 6.45) is 9.33. The molecule has 0 aliphatic heterocycles. The van der Waals surface area contributed by atoms with Crippen molar-refractivity contribution in [2.45, 2.75) is 59.3 Å². The Morgan fingerprint density at radius 2 is 1.83 bits per heavy atom. The zero-order valence-corrected chi connectivity index (χ0v) is 12.4. The molecule has 5 rings (SSSR count). The first-order valence-corrected chi connectivity index (χ1v) is 8.70. The second-order valence-corrected chi connectivity index (χ2v) is 8.28. The summed E-state index contributed by atoms with van der Waals surface area (Å²) in [6, 6.07) is 0. The standard InChI is InChI=1S/C18H30/c1-4-12-5-6-13(7-12)10(2)18-16-9-14-8-15(16)11(3)17(14)18/h10-18H,4-9H2,1-3H3/t10-,11?,12?,13?,14?,15?,16?,17?,18?/m1/s1. The summed E-state index contributed by atoms with van der Waals surface area (Å²) in [5.41, 5.74) is 0. The highest BCUT2D eigenvalue weighted by Crippen LogP contribution is 2.71. The molecular weight excluding hydrogens is 216 g/mol. The average Bonchev–Trinajstić information content (AvgIpc) is 3.12. The van der Waals surface area contributed by atoms with Gasteiger partial charge in [-0.25, -0.2) is 0 Å². The quantitative estimate of drug-likeness (QED) is 0.658. The third-order valence-corrected chi connectivity index (χ3v) is 7.98. The molecule has 5 saturated carbocycles. The first-order valence-electron chi connectivity index (χ1n) is 8.70. The molecule has 5 fully saturated rings. The maximum atomic E-state index is 2.64. The molecule has 0 N–H and O–H groups in total. The smallest absolute Gasteiger partial charge is 0.0321 e. The van der Waals surface area contributed by atoms with Crippen LogP contribution in [-0.4, -0.2) is 0 Å². The highest BCUT2D eigenvalue weighted by molar-refractivity contribution is 5.12. The summed E-state index contributed by atoms with van der Waals surface area (Å²) in [7, 11) is 0. The van der Waals surface area contributed by atoms with Crippen LogP contribution in [0.3, 0.4) is 0 Å². The third kappa shape index (κ3) is 1.38. The number of hydrogen-bond acceptors (Lipinski definition) is 0. The predicted molar refractivity (Wildman–Crippen MR) is 76.1 cm³/mol. The van der Waals surface area contributed by atoms with Crippen LogP contribution in [-0.2, 0) is 0 Å². The molecule has 0 heterocycles. The molecule has 9 atom stereocenters. The van der Waals surface area contributed by atoms with Crippen LogP contribution >= 0.6 is 0 Å². The van der Waals surface area contributed by atoms with Gasteiger partial charge in [0.15, 0.2) is 0 Å². The van der Waals surface area contributed by atoms with Crippen molar-refractivity contribution < 1.29 is 0 Å². The molecule has 102 valence electrons. The second-order valence-electron chi connectivity index (χ2n) is 8.28. The van der Waals surface area contributed by atoms with Crippen molar-refractivity contribution in [2.24, 2.45) is 53.3 Å². The molecule has 5 aliphatic rings. The predicted octanol–water partition coefficient (Wildman–Crippen LogP) is 4.99. The SMILES string of the molecule is CCC1CCC([C@@H](C)C2C3CC4CC3C(C)C42)C1. The summed E-state index contributed by atoms with van der Waals surface area (Å²) in [4.78, 5) is 0. The lowest BCUT2D eigenvalue weighted by atomic mass is 9.73. The summed E-state index contributed by atoms with van der Waals surface area (Å²) < 4.78 is 0. The molecule has 0 aromatic carbocycles. The Balaban J connectivity index is 1.49. The van der Waals surface area contributed by atoms with Gasteiger partial charge in [0.05, 0.1) is 0 Å². The molecule has 5 aliphatic carbocycles. The summed E-state index contributed by atoms with van der Waals surface area (Å²) in [5, 5.41) is 0. The topological polar surface area (TPSA) is 0 Å². The Morgan fingerprint density at radius 1 is 1.06 bits per heavy atom. The van der Waals surface area contributed by atoms with Crippen LogP contribution in [0.15, 0.2) is 0 Å². The molecule has 0 saturated heterocycles. The molecule has 0 radical (unpaired) electrons. The van der Waals surface area contributed by atoms with Crippen LogP contribution in [0, 0.1) is 53.3 Å². The maximum absolute atomic E-state index is 2.64. The van der Waals surface area contributed by atoms with E-state index in [9.17, 15) is 0 Å². The second kappa shape index (κ2) is 4.00. The van der Waals surface area contributed by atoms with Gasteiger partial charge in [-0.2, -0.15) is 0 Å². The highest BCUT2D eigenvalue weighted by atomic mass is 14.7. The van der Waals surface area contributed by atoms with Crippen molar-refractivity contribution in [2.75, 3.05) is 0 Å². The van der Waals surface area contributed by atoms with Crippen LogP contribution in [0.1, 0.15) is 59.3 Å². The molecule has 0 aromatic rings. The lowest BCUT2D eigenvalue weighted by Gasteiger charge is -2.32. The lowest BCUT2D eigenvalue weighted by Crippen LogP contribution is -2.26. The number of hydrogen-bond donors (Lipinski definition) is 0. The minimum Gasteiger partial charge on any atom is -0.0651 e. The Kier molecular flexibility index (Phi) is 2.62. The Labute approximate surface area is 113 Å². The molecule has 8 unspecified atom stereocenters. The zero-order valence-electron chi connectivity index (χ0n) is 12.4. The largest absolute Gasteiger partial charge is 0.0651 e. The molecule has 4 bridgehead atoms. The Hall–Kier alpha value is 0. The van der Waals surface area contributed by atoms with Crippen molar-refractivity contribution in [1.29, 1.82) is 0 Å². The van der Waals surface area contributed by atoms with E-state index in [4.69, 9.17) is 0 Å². The van der Waals surface area contributed by atoms with Crippen molar-refractivity contribution in [3.05, 3.63) is 0 Å². The fourth-order valence-electron chi connectivity index (χ4n) is 7.19. The van der Waals surface area contributed by atoms with E-state index in [2.05, 4.69) is 20.8 Å². The van der Waals surface area contributed by atoms with Crippen molar-refractivity contribution >= 4 is 0 Å². The van der Waals surface area contributed by atoms with Crippen LogP contribution in [0.4, 0.5) is 0 Å². The first-order chi connectivity index (χ1) is 8.70. The van der Waals surface area contributed by atoms with Gasteiger partial charge in [0, 0.05) is 0 Å². The van der Waals surface area contributed by atoms with Gasteiger partial charge in [-0.05, 0) is 78.9 Å². The van der Waals surface area contributed by atoms with Crippen LogP contribution < -0.4 is 0 Å². The van der Waals surface area contributed by atoms with E-state index in [1.54, 1.807) is 25.7 Å². The molecule has 0 spiro atoms. The van der Waals surface area contributed by atoms with Crippen LogP contribution in [0.2, 0.25) is 0 Å². The van der Waals surface area contributed by atoms with E-state index >= 15 is 0 Å². The summed E-state index contributed by atoms with van der Waals surface area (Å²) in [6.45, 7) is 7.61. The molecule has 0 amide bonds. The lowest BCUT2D eigenvalue weighted by molar-refractivity contribution is 0.160. The fourth-order valence-corrected chi connectivity index (χ4v) is 7.19. The van der Waals surface area contributed by atoms with E-state index in [-0.39, 0.29) is 0 Å². The normalized spacial score (nSPS) is 58.8. The van der Waals surface area contributed by atoms with Gasteiger partial charge >= 0.3 is 0 Å². The van der Waals surface area contributed by atoms with Gasteiger partial charge in [-0.3, -0.25) is 0 Å². The molecule has 18 heavy (non-hydrogen) atoms. The van der Waals surface area contributed by atoms with Gasteiger partial charge < -0.3 is 0 Å². The Bertz CT molecular complexity index is 331. The minimum absolute atomic E-state index is 1.05. The van der Waals surface area contributed by atoms with E-state index in [1.807, 2.05) is 0 Å². The average molecular weight is 246 g/mol. The van der Waals surface area contributed by atoms with Gasteiger partial charge in [0.1, 0.15) is 0 Å². The van der Waals surface area contributed by atoms with Crippen molar-refractivity contribution in [1.82, 2.24) is 0 Å². The monoisotopic (exact) mass is 246 g/mol. The van der Waals surface area contributed by atoms with Gasteiger partial charge in [0.25, 0.3) is 0 Å². The first kappa shape index (κ1) is 11.8. The van der Waals surface area contributed by atoms with Crippen molar-refractivity contribution in [3.63, 3.8) is 0 Å². The molecule has 0 aromatic heterocycles. The fraction of sp³-hybridized carbons (Fsp3) is 1.00. The van der Waals surface area contributed by atoms with Gasteiger partial charge in [-0.15, -0.1) is 0 Å².